The van der Waals surface area contributed by atoms with Gasteiger partial charge in [-0.3, -0.25) is 9.59 Å². The van der Waals surface area contributed by atoms with Crippen molar-refractivity contribution in [2.75, 3.05) is 11.1 Å². The molecule has 6 heteroatoms. The van der Waals surface area contributed by atoms with Crippen LogP contribution in [0.3, 0.4) is 0 Å². The summed E-state index contributed by atoms with van der Waals surface area (Å²) in [5.74, 6) is 0.0921. The van der Waals surface area contributed by atoms with E-state index in [2.05, 4.69) is 10.3 Å². The Kier molecular flexibility index (Phi) is 4.66. The maximum Gasteiger partial charge on any atom is 0.234 e. The molecule has 5 nitrogen and oxygen atoms in total. The molecular weight excluding hydrogens is 322 g/mol. The van der Waals surface area contributed by atoms with E-state index in [-0.39, 0.29) is 17.4 Å². The number of rotatable bonds is 5. The molecule has 3 aromatic rings. The fourth-order valence-electron chi connectivity index (χ4n) is 2.40. The highest BCUT2D eigenvalue weighted by molar-refractivity contribution is 7.99. The van der Waals surface area contributed by atoms with Gasteiger partial charge >= 0.3 is 0 Å². The van der Waals surface area contributed by atoms with Crippen molar-refractivity contribution in [2.24, 2.45) is 7.05 Å². The van der Waals surface area contributed by atoms with E-state index >= 15 is 0 Å². The summed E-state index contributed by atoms with van der Waals surface area (Å²) < 4.78 is 1.98. The van der Waals surface area contributed by atoms with Gasteiger partial charge in [-0.15, -0.1) is 0 Å². The highest BCUT2D eigenvalue weighted by Crippen LogP contribution is 2.22. The number of imidazole rings is 1. The van der Waals surface area contributed by atoms with Gasteiger partial charge < -0.3 is 9.88 Å². The Labute approximate surface area is 144 Å². The van der Waals surface area contributed by atoms with Crippen molar-refractivity contribution in [1.29, 1.82) is 0 Å². The van der Waals surface area contributed by atoms with Gasteiger partial charge in [0.2, 0.25) is 5.91 Å². The number of Topliss-reactive ketones (excluding diaryl/α,β-unsaturated/α-hetero) is 1. The molecule has 0 saturated heterocycles. The molecule has 0 aliphatic carbocycles. The van der Waals surface area contributed by atoms with E-state index in [9.17, 15) is 9.59 Å². The van der Waals surface area contributed by atoms with Gasteiger partial charge in [0.15, 0.2) is 10.9 Å². The zero-order chi connectivity index (χ0) is 17.1. The van der Waals surface area contributed by atoms with Gasteiger partial charge in [0.1, 0.15) is 0 Å². The quantitative estimate of drug-likeness (QED) is 0.571. The molecule has 122 valence electrons. The molecule has 24 heavy (non-hydrogen) atoms. The predicted molar refractivity (Wildman–Crippen MR) is 96.5 cm³/mol. The van der Waals surface area contributed by atoms with E-state index in [4.69, 9.17) is 0 Å². The van der Waals surface area contributed by atoms with Crippen molar-refractivity contribution < 1.29 is 9.59 Å². The number of benzene rings is 2. The standard InChI is InChI=1S/C18H17N3O2S/c1-12(22)13-6-5-7-14(10-13)19-17(23)11-24-18-20-15-8-3-4-9-16(15)21(18)2/h3-10H,11H2,1-2H3,(H,19,23). The first kappa shape index (κ1) is 16.3. The predicted octanol–water partition coefficient (Wildman–Crippen LogP) is 3.51. The first-order valence-corrected chi connectivity index (χ1v) is 8.48. The average Bonchev–Trinajstić information content (AvgIpc) is 2.90. The summed E-state index contributed by atoms with van der Waals surface area (Å²) in [6.45, 7) is 1.50. The van der Waals surface area contributed by atoms with Crippen LogP contribution < -0.4 is 5.32 Å². The van der Waals surface area contributed by atoms with Crippen LogP contribution in [-0.2, 0) is 11.8 Å². The molecule has 0 bridgehead atoms. The number of nitrogens with one attached hydrogen (secondary N) is 1. The molecule has 1 amide bonds. The molecule has 0 aliphatic rings. The van der Waals surface area contributed by atoms with Gasteiger partial charge in [-0.1, -0.05) is 36.0 Å². The van der Waals surface area contributed by atoms with E-state index in [1.54, 1.807) is 24.3 Å². The minimum absolute atomic E-state index is 0.0276. The number of carbonyl (C=O) groups excluding carboxylic acids is 2. The molecular formula is C18H17N3O2S. The molecule has 0 unspecified atom stereocenters. The second kappa shape index (κ2) is 6.88. The third-order valence-corrected chi connectivity index (χ3v) is 4.66. The maximum atomic E-state index is 12.1. The van der Waals surface area contributed by atoms with Crippen molar-refractivity contribution >= 4 is 40.2 Å². The molecule has 0 fully saturated rings. The van der Waals surface area contributed by atoms with Crippen LogP contribution in [0.25, 0.3) is 11.0 Å². The molecule has 1 N–H and O–H groups in total. The lowest BCUT2D eigenvalue weighted by Crippen LogP contribution is -2.14. The number of aromatic nitrogens is 2. The van der Waals surface area contributed by atoms with Gasteiger partial charge in [-0.2, -0.15) is 0 Å². The number of aryl methyl sites for hydroxylation is 1. The Hall–Kier alpha value is -2.60. The van der Waals surface area contributed by atoms with Crippen LogP contribution in [0.4, 0.5) is 5.69 Å². The number of hydrogen-bond donors (Lipinski definition) is 1. The van der Waals surface area contributed by atoms with Gasteiger partial charge in [0.05, 0.1) is 16.8 Å². The van der Waals surface area contributed by atoms with E-state index in [1.165, 1.54) is 18.7 Å². The summed E-state index contributed by atoms with van der Waals surface area (Å²) in [6, 6.07) is 14.8. The lowest BCUT2D eigenvalue weighted by atomic mass is 10.1. The highest BCUT2D eigenvalue weighted by atomic mass is 32.2. The number of para-hydroxylation sites is 2. The third kappa shape index (κ3) is 3.49. The Morgan fingerprint density at radius 1 is 1.17 bits per heavy atom. The van der Waals surface area contributed by atoms with Crippen molar-refractivity contribution in [2.45, 2.75) is 12.1 Å². The number of ketones is 1. The van der Waals surface area contributed by atoms with E-state index < -0.39 is 0 Å². The van der Waals surface area contributed by atoms with Gasteiger partial charge in [-0.25, -0.2) is 4.98 Å². The number of carbonyl (C=O) groups is 2. The Morgan fingerprint density at radius 3 is 2.71 bits per heavy atom. The molecule has 3 rings (SSSR count). The van der Waals surface area contributed by atoms with Crippen LogP contribution in [0.1, 0.15) is 17.3 Å². The Bertz CT molecular complexity index is 918. The van der Waals surface area contributed by atoms with Crippen LogP contribution in [0.2, 0.25) is 0 Å². The lowest BCUT2D eigenvalue weighted by Gasteiger charge is -2.06. The number of amides is 1. The summed E-state index contributed by atoms with van der Waals surface area (Å²) in [6.07, 6.45) is 0. The number of fused-ring (bicyclic) bond motifs is 1. The number of nitrogens with zero attached hydrogens (tertiary/aromatic N) is 2. The molecule has 0 radical (unpaired) electrons. The van der Waals surface area contributed by atoms with Gasteiger partial charge in [0.25, 0.3) is 0 Å². The van der Waals surface area contributed by atoms with E-state index in [0.29, 0.717) is 11.3 Å². The summed E-state index contributed by atoms with van der Waals surface area (Å²) in [5, 5.41) is 3.61. The van der Waals surface area contributed by atoms with Crippen molar-refractivity contribution in [3.05, 3.63) is 54.1 Å². The van der Waals surface area contributed by atoms with Crippen LogP contribution in [0.15, 0.2) is 53.7 Å². The van der Waals surface area contributed by atoms with Crippen LogP contribution in [0, 0.1) is 0 Å². The normalized spacial score (nSPS) is 10.8. The second-order valence-electron chi connectivity index (χ2n) is 5.42. The zero-order valence-corrected chi connectivity index (χ0v) is 14.3. The molecule has 0 saturated carbocycles. The zero-order valence-electron chi connectivity index (χ0n) is 13.4. The smallest absolute Gasteiger partial charge is 0.234 e. The first-order valence-electron chi connectivity index (χ1n) is 7.49. The fourth-order valence-corrected chi connectivity index (χ4v) is 3.18. The monoisotopic (exact) mass is 339 g/mol. The molecule has 1 heterocycles. The van der Waals surface area contributed by atoms with Gasteiger partial charge in [0, 0.05) is 18.3 Å². The minimum atomic E-state index is -0.132. The molecule has 0 spiro atoms. The third-order valence-electron chi connectivity index (χ3n) is 3.63. The van der Waals surface area contributed by atoms with Crippen molar-refractivity contribution in [3.8, 4) is 0 Å². The van der Waals surface area contributed by atoms with Crippen LogP contribution >= 0.6 is 11.8 Å². The van der Waals surface area contributed by atoms with Crippen molar-refractivity contribution in [1.82, 2.24) is 9.55 Å². The highest BCUT2D eigenvalue weighted by Gasteiger charge is 2.11. The Balaban J connectivity index is 1.66. The SMILES string of the molecule is CC(=O)c1cccc(NC(=O)CSc2nc3ccccc3n2C)c1. The number of thioether (sulfide) groups is 1. The molecule has 0 atom stereocenters. The van der Waals surface area contributed by atoms with E-state index in [1.807, 2.05) is 35.9 Å². The molecule has 1 aromatic heterocycles. The maximum absolute atomic E-state index is 12.1. The minimum Gasteiger partial charge on any atom is -0.325 e. The Morgan fingerprint density at radius 2 is 1.96 bits per heavy atom. The second-order valence-corrected chi connectivity index (χ2v) is 6.36. The summed E-state index contributed by atoms with van der Waals surface area (Å²) in [4.78, 5) is 28.1. The first-order chi connectivity index (χ1) is 11.5. The lowest BCUT2D eigenvalue weighted by molar-refractivity contribution is -0.113. The summed E-state index contributed by atoms with van der Waals surface area (Å²) in [5.41, 5.74) is 3.15. The van der Waals surface area contributed by atoms with Gasteiger partial charge in [-0.05, 0) is 31.2 Å². The van der Waals surface area contributed by atoms with Crippen LogP contribution in [0.5, 0.6) is 0 Å². The largest absolute Gasteiger partial charge is 0.325 e. The molecule has 2 aromatic carbocycles. The molecule has 0 aliphatic heterocycles. The topological polar surface area (TPSA) is 64.0 Å². The summed E-state index contributed by atoms with van der Waals surface area (Å²) in [7, 11) is 1.94. The van der Waals surface area contributed by atoms with Crippen LogP contribution in [-0.4, -0.2) is 27.0 Å². The fraction of sp³-hybridized carbons (Fsp3) is 0.167. The number of hydrogen-bond acceptors (Lipinski definition) is 4. The van der Waals surface area contributed by atoms with Crippen molar-refractivity contribution in [3.63, 3.8) is 0 Å². The summed E-state index contributed by atoms with van der Waals surface area (Å²) >= 11 is 1.38. The van der Waals surface area contributed by atoms with E-state index in [0.717, 1.165) is 16.2 Å². The number of anilines is 1. The average molecular weight is 339 g/mol.